The molecule has 4 aromatic carbocycles. The second kappa shape index (κ2) is 13.8. The van der Waals surface area contributed by atoms with Crippen molar-refractivity contribution >= 4 is 27.5 Å². The highest BCUT2D eigenvalue weighted by molar-refractivity contribution is 7.92. The quantitative estimate of drug-likeness (QED) is 0.214. The first-order valence-corrected chi connectivity index (χ1v) is 15.9. The van der Waals surface area contributed by atoms with Crippen molar-refractivity contribution in [3.63, 3.8) is 0 Å². The number of amides is 2. The van der Waals surface area contributed by atoms with Gasteiger partial charge in [0.15, 0.2) is 0 Å². The predicted octanol–water partition coefficient (Wildman–Crippen LogP) is 6.31. The molecular weight excluding hydrogens is 574 g/mol. The summed E-state index contributed by atoms with van der Waals surface area (Å²) < 4.78 is 35.0. The molecule has 2 amide bonds. The zero-order chi connectivity index (χ0) is 31.9. The van der Waals surface area contributed by atoms with E-state index in [1.807, 2.05) is 82.3 Å². The van der Waals surface area contributed by atoms with Crippen molar-refractivity contribution in [2.24, 2.45) is 0 Å². The van der Waals surface area contributed by atoms with Gasteiger partial charge in [0, 0.05) is 12.1 Å². The van der Waals surface area contributed by atoms with E-state index >= 15 is 0 Å². The standard InChI is InChI=1S/C35H39N3O5S/c1-26-14-12-13-15-28(26)24-37(27(2)34(40)36-35(3,4)5)33(39)25-38(44(41,42)32-18-10-7-11-19-32)29-20-22-31(23-21-29)43-30-16-8-6-9-17-30/h6-23,27H,24-25H2,1-5H3,(H,36,40). The minimum atomic E-state index is -4.17. The first-order valence-electron chi connectivity index (χ1n) is 14.4. The molecule has 0 radical (unpaired) electrons. The molecular formula is C35H39N3O5S. The van der Waals surface area contributed by atoms with Gasteiger partial charge in [0.2, 0.25) is 11.8 Å². The third-order valence-corrected chi connectivity index (χ3v) is 8.77. The van der Waals surface area contributed by atoms with Crippen LogP contribution in [0.25, 0.3) is 0 Å². The molecule has 0 aromatic heterocycles. The average molecular weight is 614 g/mol. The Balaban J connectivity index is 1.70. The smallest absolute Gasteiger partial charge is 0.264 e. The number of para-hydroxylation sites is 1. The van der Waals surface area contributed by atoms with Gasteiger partial charge in [-0.05, 0) is 94.3 Å². The van der Waals surface area contributed by atoms with E-state index in [-0.39, 0.29) is 23.0 Å². The maximum Gasteiger partial charge on any atom is 0.264 e. The Morgan fingerprint density at radius 3 is 1.93 bits per heavy atom. The van der Waals surface area contributed by atoms with E-state index in [1.54, 1.807) is 49.4 Å². The molecule has 4 aromatic rings. The molecule has 1 N–H and O–H groups in total. The molecule has 0 spiro atoms. The lowest BCUT2D eigenvalue weighted by molar-refractivity contribution is -0.140. The molecule has 9 heteroatoms. The summed E-state index contributed by atoms with van der Waals surface area (Å²) in [4.78, 5) is 28.9. The summed E-state index contributed by atoms with van der Waals surface area (Å²) in [6, 6.07) is 30.5. The number of benzene rings is 4. The highest BCUT2D eigenvalue weighted by Crippen LogP contribution is 2.28. The summed E-state index contributed by atoms with van der Waals surface area (Å²) in [7, 11) is -4.17. The zero-order valence-electron chi connectivity index (χ0n) is 25.7. The number of nitrogens with one attached hydrogen (secondary N) is 1. The molecule has 1 atom stereocenters. The molecule has 1 unspecified atom stereocenters. The Labute approximate surface area is 260 Å². The van der Waals surface area contributed by atoms with Crippen molar-refractivity contribution in [2.75, 3.05) is 10.8 Å². The number of aryl methyl sites for hydroxylation is 1. The van der Waals surface area contributed by atoms with E-state index in [1.165, 1.54) is 17.0 Å². The Hall–Kier alpha value is -4.63. The van der Waals surface area contributed by atoms with Gasteiger partial charge >= 0.3 is 0 Å². The van der Waals surface area contributed by atoms with Gasteiger partial charge < -0.3 is 15.0 Å². The number of rotatable bonds is 11. The van der Waals surface area contributed by atoms with Gasteiger partial charge in [-0.3, -0.25) is 13.9 Å². The van der Waals surface area contributed by atoms with E-state index in [4.69, 9.17) is 4.74 Å². The van der Waals surface area contributed by atoms with E-state index in [9.17, 15) is 18.0 Å². The first kappa shape index (κ1) is 32.3. The minimum Gasteiger partial charge on any atom is -0.457 e. The number of hydrogen-bond acceptors (Lipinski definition) is 5. The number of carbonyl (C=O) groups excluding carboxylic acids is 2. The van der Waals surface area contributed by atoms with Gasteiger partial charge in [-0.25, -0.2) is 8.42 Å². The van der Waals surface area contributed by atoms with Crippen molar-refractivity contribution in [2.45, 2.75) is 57.6 Å². The van der Waals surface area contributed by atoms with Gasteiger partial charge in [0.25, 0.3) is 10.0 Å². The Morgan fingerprint density at radius 1 is 0.795 bits per heavy atom. The van der Waals surface area contributed by atoms with Crippen LogP contribution >= 0.6 is 0 Å². The molecule has 0 saturated carbocycles. The molecule has 0 aliphatic carbocycles. The molecule has 4 rings (SSSR count). The van der Waals surface area contributed by atoms with Crippen molar-refractivity contribution < 1.29 is 22.7 Å². The number of ether oxygens (including phenoxy) is 1. The normalized spacial score (nSPS) is 12.2. The van der Waals surface area contributed by atoms with Crippen molar-refractivity contribution in [3.8, 4) is 11.5 Å². The molecule has 0 aliphatic heterocycles. The lowest BCUT2D eigenvalue weighted by Gasteiger charge is -2.33. The molecule has 0 aliphatic rings. The summed E-state index contributed by atoms with van der Waals surface area (Å²) >= 11 is 0. The van der Waals surface area contributed by atoms with Gasteiger partial charge in [-0.1, -0.05) is 60.7 Å². The number of sulfonamides is 1. The fraction of sp³-hybridized carbons (Fsp3) is 0.257. The van der Waals surface area contributed by atoms with Crippen molar-refractivity contribution in [3.05, 3.63) is 120 Å². The SMILES string of the molecule is Cc1ccccc1CN(C(=O)CN(c1ccc(Oc2ccccc2)cc1)S(=O)(=O)c1ccccc1)C(C)C(=O)NC(C)(C)C. The zero-order valence-corrected chi connectivity index (χ0v) is 26.5. The first-order chi connectivity index (χ1) is 20.8. The molecule has 0 heterocycles. The number of nitrogens with zero attached hydrogens (tertiary/aromatic N) is 2. The highest BCUT2D eigenvalue weighted by Gasteiger charge is 2.33. The summed E-state index contributed by atoms with van der Waals surface area (Å²) in [5.41, 5.74) is 1.58. The molecule has 0 bridgehead atoms. The Kier molecular flexibility index (Phi) is 10.1. The molecule has 230 valence electrons. The van der Waals surface area contributed by atoms with E-state index in [0.29, 0.717) is 11.5 Å². The van der Waals surface area contributed by atoms with Crippen LogP contribution in [-0.4, -0.2) is 43.3 Å². The monoisotopic (exact) mass is 613 g/mol. The van der Waals surface area contributed by atoms with Crippen LogP contribution in [0.4, 0.5) is 5.69 Å². The third kappa shape index (κ3) is 8.26. The molecule has 0 fully saturated rings. The van der Waals surface area contributed by atoms with Crippen LogP contribution in [0.15, 0.2) is 114 Å². The second-order valence-corrected chi connectivity index (χ2v) is 13.5. The van der Waals surface area contributed by atoms with Gasteiger partial charge in [-0.15, -0.1) is 0 Å². The second-order valence-electron chi connectivity index (χ2n) is 11.6. The lowest BCUT2D eigenvalue weighted by atomic mass is 10.1. The number of anilines is 1. The van der Waals surface area contributed by atoms with Gasteiger partial charge in [0.1, 0.15) is 24.1 Å². The fourth-order valence-electron chi connectivity index (χ4n) is 4.58. The summed E-state index contributed by atoms with van der Waals surface area (Å²) in [5, 5.41) is 2.94. The van der Waals surface area contributed by atoms with Crippen molar-refractivity contribution in [1.82, 2.24) is 10.2 Å². The van der Waals surface area contributed by atoms with E-state index < -0.39 is 34.1 Å². The molecule has 44 heavy (non-hydrogen) atoms. The molecule has 8 nitrogen and oxygen atoms in total. The Bertz CT molecular complexity index is 1670. The lowest BCUT2D eigenvalue weighted by Crippen LogP contribution is -2.54. The van der Waals surface area contributed by atoms with Crippen LogP contribution in [0, 0.1) is 6.92 Å². The Morgan fingerprint density at radius 2 is 1.34 bits per heavy atom. The number of hydrogen-bond donors (Lipinski definition) is 1. The van der Waals surface area contributed by atoms with Crippen LogP contribution in [0.3, 0.4) is 0 Å². The molecule has 0 saturated heterocycles. The predicted molar refractivity (Wildman–Crippen MR) is 173 cm³/mol. The highest BCUT2D eigenvalue weighted by atomic mass is 32.2. The average Bonchev–Trinajstić information content (AvgIpc) is 2.99. The summed E-state index contributed by atoms with van der Waals surface area (Å²) in [5.74, 6) is 0.295. The van der Waals surface area contributed by atoms with Crippen LogP contribution in [0.5, 0.6) is 11.5 Å². The van der Waals surface area contributed by atoms with E-state index in [0.717, 1.165) is 15.4 Å². The van der Waals surface area contributed by atoms with Crippen LogP contribution < -0.4 is 14.4 Å². The van der Waals surface area contributed by atoms with Gasteiger partial charge in [0.05, 0.1) is 10.6 Å². The van der Waals surface area contributed by atoms with Crippen LogP contribution in [0.1, 0.15) is 38.8 Å². The fourth-order valence-corrected chi connectivity index (χ4v) is 6.02. The third-order valence-electron chi connectivity index (χ3n) is 6.98. The largest absolute Gasteiger partial charge is 0.457 e. The minimum absolute atomic E-state index is 0.0430. The van der Waals surface area contributed by atoms with Crippen LogP contribution in [-0.2, 0) is 26.2 Å². The maximum absolute atomic E-state index is 14.2. The van der Waals surface area contributed by atoms with E-state index in [2.05, 4.69) is 5.32 Å². The topological polar surface area (TPSA) is 96.0 Å². The van der Waals surface area contributed by atoms with Gasteiger partial charge in [-0.2, -0.15) is 0 Å². The summed E-state index contributed by atoms with van der Waals surface area (Å²) in [6.07, 6.45) is 0. The van der Waals surface area contributed by atoms with Crippen LogP contribution in [0.2, 0.25) is 0 Å². The number of carbonyl (C=O) groups is 2. The maximum atomic E-state index is 14.2. The summed E-state index contributed by atoms with van der Waals surface area (Å²) in [6.45, 7) is 8.80. The van der Waals surface area contributed by atoms with Crippen molar-refractivity contribution in [1.29, 1.82) is 0 Å².